The number of carbonyl (C=O) groups excluding carboxylic acids is 1. The van der Waals surface area contributed by atoms with Crippen molar-refractivity contribution in [3.05, 3.63) is 29.8 Å². The van der Waals surface area contributed by atoms with Crippen molar-refractivity contribution in [2.24, 2.45) is 0 Å². The van der Waals surface area contributed by atoms with Crippen LogP contribution in [0.5, 0.6) is 0 Å². The summed E-state index contributed by atoms with van der Waals surface area (Å²) in [7, 11) is 3.90. The summed E-state index contributed by atoms with van der Waals surface area (Å²) in [6.07, 6.45) is 1.57. The van der Waals surface area contributed by atoms with Gasteiger partial charge in [0.25, 0.3) is 5.91 Å². The number of aliphatic hydroxyl groups is 1. The van der Waals surface area contributed by atoms with Gasteiger partial charge in [0.05, 0.1) is 25.4 Å². The number of likely N-dealkylation sites (N-methyl/N-ethyl adjacent to an activating group) is 1. The third-order valence-corrected chi connectivity index (χ3v) is 4.92. The van der Waals surface area contributed by atoms with E-state index in [1.54, 1.807) is 4.90 Å². The third kappa shape index (κ3) is 4.51. The fraction of sp³-hybridized carbons (Fsp3) is 0.632. The summed E-state index contributed by atoms with van der Waals surface area (Å²) >= 11 is 0. The summed E-state index contributed by atoms with van der Waals surface area (Å²) in [5, 5.41) is 10.8. The van der Waals surface area contributed by atoms with Gasteiger partial charge in [-0.3, -0.25) is 4.79 Å². The average molecular weight is 347 g/mol. The molecule has 2 fully saturated rings. The van der Waals surface area contributed by atoms with E-state index in [1.807, 2.05) is 43.3 Å². The standard InChI is InChI=1S/C19H29N3O3/c1-20(2)14-19(24)7-4-8-22(15-19)18(23)16-5-3-6-17(13-16)21-9-11-25-12-10-21/h3,5-6,13,24H,4,7-12,14-15H2,1-2H3/t19-/m0/s1. The van der Waals surface area contributed by atoms with Gasteiger partial charge < -0.3 is 24.5 Å². The van der Waals surface area contributed by atoms with E-state index in [-0.39, 0.29) is 5.91 Å². The predicted octanol–water partition coefficient (Wildman–Crippen LogP) is 1.05. The van der Waals surface area contributed by atoms with Crippen molar-refractivity contribution in [2.45, 2.75) is 18.4 Å². The largest absolute Gasteiger partial charge is 0.387 e. The maximum atomic E-state index is 13.0. The summed E-state index contributed by atoms with van der Waals surface area (Å²) in [6.45, 7) is 4.82. The SMILES string of the molecule is CN(C)C[C@@]1(O)CCCN(C(=O)c2cccc(N3CCOCC3)c2)C1. The first-order valence-electron chi connectivity index (χ1n) is 9.06. The quantitative estimate of drug-likeness (QED) is 0.882. The van der Waals surface area contributed by atoms with Crippen LogP contribution in [0, 0.1) is 0 Å². The van der Waals surface area contributed by atoms with Gasteiger partial charge in [-0.15, -0.1) is 0 Å². The molecule has 6 nitrogen and oxygen atoms in total. The van der Waals surface area contributed by atoms with Gasteiger partial charge in [-0.2, -0.15) is 0 Å². The number of ether oxygens (including phenoxy) is 1. The molecule has 1 N–H and O–H groups in total. The maximum Gasteiger partial charge on any atom is 0.254 e. The third-order valence-electron chi connectivity index (χ3n) is 4.92. The summed E-state index contributed by atoms with van der Waals surface area (Å²) < 4.78 is 5.40. The molecule has 2 saturated heterocycles. The van der Waals surface area contributed by atoms with Crippen molar-refractivity contribution in [3.8, 4) is 0 Å². The lowest BCUT2D eigenvalue weighted by atomic mass is 9.92. The van der Waals surface area contributed by atoms with E-state index in [0.717, 1.165) is 44.8 Å². The van der Waals surface area contributed by atoms with Gasteiger partial charge in [0.1, 0.15) is 0 Å². The molecule has 0 saturated carbocycles. The fourth-order valence-corrected chi connectivity index (χ4v) is 3.84. The van der Waals surface area contributed by atoms with E-state index >= 15 is 0 Å². The zero-order chi connectivity index (χ0) is 17.9. The molecule has 0 unspecified atom stereocenters. The number of carbonyl (C=O) groups is 1. The topological polar surface area (TPSA) is 56.2 Å². The number of benzene rings is 1. The summed E-state index contributed by atoms with van der Waals surface area (Å²) in [6, 6.07) is 7.81. The molecule has 1 atom stereocenters. The van der Waals surface area contributed by atoms with E-state index in [4.69, 9.17) is 4.74 Å². The lowest BCUT2D eigenvalue weighted by Crippen LogP contribution is -2.54. The first-order valence-corrected chi connectivity index (χ1v) is 9.06. The highest BCUT2D eigenvalue weighted by atomic mass is 16.5. The van der Waals surface area contributed by atoms with Crippen LogP contribution in [-0.2, 0) is 4.74 Å². The Morgan fingerprint density at radius 3 is 2.76 bits per heavy atom. The molecule has 0 aromatic heterocycles. The van der Waals surface area contributed by atoms with Gasteiger partial charge in [-0.1, -0.05) is 6.07 Å². The minimum atomic E-state index is -0.820. The van der Waals surface area contributed by atoms with E-state index < -0.39 is 5.60 Å². The first kappa shape index (κ1) is 18.2. The zero-order valence-electron chi connectivity index (χ0n) is 15.3. The molecule has 0 radical (unpaired) electrons. The van der Waals surface area contributed by atoms with Crippen LogP contribution in [0.25, 0.3) is 0 Å². The minimum Gasteiger partial charge on any atom is -0.387 e. The minimum absolute atomic E-state index is 0.00647. The molecule has 138 valence electrons. The first-order chi connectivity index (χ1) is 12.0. The van der Waals surface area contributed by atoms with E-state index in [2.05, 4.69) is 4.90 Å². The molecule has 1 amide bonds. The Morgan fingerprint density at radius 1 is 1.28 bits per heavy atom. The summed E-state index contributed by atoms with van der Waals surface area (Å²) in [4.78, 5) is 19.0. The number of rotatable bonds is 4. The molecular weight excluding hydrogens is 318 g/mol. The Bertz CT molecular complexity index is 601. The maximum absolute atomic E-state index is 13.0. The predicted molar refractivity (Wildman–Crippen MR) is 98.1 cm³/mol. The molecule has 2 heterocycles. The molecule has 1 aromatic rings. The van der Waals surface area contributed by atoms with Crippen LogP contribution in [0.4, 0.5) is 5.69 Å². The smallest absolute Gasteiger partial charge is 0.254 e. The Kier molecular flexibility index (Phi) is 5.61. The summed E-state index contributed by atoms with van der Waals surface area (Å²) in [5.74, 6) is 0.00647. The van der Waals surface area contributed by atoms with Crippen molar-refractivity contribution >= 4 is 11.6 Å². The van der Waals surface area contributed by atoms with Crippen LogP contribution in [0.1, 0.15) is 23.2 Å². The normalized spacial score (nSPS) is 24.6. The lowest BCUT2D eigenvalue weighted by Gasteiger charge is -2.40. The van der Waals surface area contributed by atoms with Crippen molar-refractivity contribution < 1.29 is 14.6 Å². The second-order valence-corrected chi connectivity index (χ2v) is 7.44. The van der Waals surface area contributed by atoms with Crippen molar-refractivity contribution in [2.75, 3.05) is 64.9 Å². The average Bonchev–Trinajstić information content (AvgIpc) is 2.61. The molecule has 2 aliphatic rings. The Morgan fingerprint density at radius 2 is 2.04 bits per heavy atom. The van der Waals surface area contributed by atoms with Gasteiger partial charge in [-0.05, 0) is 45.1 Å². The van der Waals surface area contributed by atoms with E-state index in [1.165, 1.54) is 0 Å². The van der Waals surface area contributed by atoms with Crippen LogP contribution in [-0.4, -0.2) is 86.4 Å². The fourth-order valence-electron chi connectivity index (χ4n) is 3.84. The van der Waals surface area contributed by atoms with Crippen LogP contribution in [0.3, 0.4) is 0 Å². The molecule has 0 spiro atoms. The van der Waals surface area contributed by atoms with E-state index in [0.29, 0.717) is 25.2 Å². The second-order valence-electron chi connectivity index (χ2n) is 7.44. The van der Waals surface area contributed by atoms with Crippen LogP contribution in [0.2, 0.25) is 0 Å². The number of piperidine rings is 1. The van der Waals surface area contributed by atoms with Crippen LogP contribution < -0.4 is 4.90 Å². The van der Waals surface area contributed by atoms with Gasteiger partial charge >= 0.3 is 0 Å². The number of β-amino-alcohol motifs (C(OH)–C–C–N with tert-alkyl or cyclic N) is 1. The zero-order valence-corrected chi connectivity index (χ0v) is 15.3. The van der Waals surface area contributed by atoms with Gasteiger partial charge in [0.15, 0.2) is 0 Å². The Balaban J connectivity index is 1.72. The molecule has 6 heteroatoms. The molecule has 0 bridgehead atoms. The lowest BCUT2D eigenvalue weighted by molar-refractivity contribution is -0.0391. The molecular formula is C19H29N3O3. The van der Waals surface area contributed by atoms with Crippen LogP contribution in [0.15, 0.2) is 24.3 Å². The number of anilines is 1. The van der Waals surface area contributed by atoms with Crippen LogP contribution >= 0.6 is 0 Å². The number of likely N-dealkylation sites (tertiary alicyclic amines) is 1. The number of amides is 1. The van der Waals surface area contributed by atoms with Crippen molar-refractivity contribution in [3.63, 3.8) is 0 Å². The highest BCUT2D eigenvalue weighted by Gasteiger charge is 2.35. The molecule has 25 heavy (non-hydrogen) atoms. The van der Waals surface area contributed by atoms with Gasteiger partial charge in [-0.25, -0.2) is 0 Å². The number of nitrogens with zero attached hydrogens (tertiary/aromatic N) is 3. The molecule has 2 aliphatic heterocycles. The second kappa shape index (κ2) is 7.72. The summed E-state index contributed by atoms with van der Waals surface area (Å²) in [5.41, 5.74) is 0.937. The number of hydrogen-bond donors (Lipinski definition) is 1. The van der Waals surface area contributed by atoms with Crippen molar-refractivity contribution in [1.29, 1.82) is 0 Å². The van der Waals surface area contributed by atoms with Gasteiger partial charge in [0, 0.05) is 37.4 Å². The molecule has 1 aromatic carbocycles. The Hall–Kier alpha value is -1.63. The monoisotopic (exact) mass is 347 g/mol. The van der Waals surface area contributed by atoms with E-state index in [9.17, 15) is 9.90 Å². The molecule has 3 rings (SSSR count). The van der Waals surface area contributed by atoms with Gasteiger partial charge in [0.2, 0.25) is 0 Å². The molecule has 0 aliphatic carbocycles. The Labute approximate surface area is 150 Å². The highest BCUT2D eigenvalue weighted by Crippen LogP contribution is 2.25. The number of hydrogen-bond acceptors (Lipinski definition) is 5. The van der Waals surface area contributed by atoms with Crippen molar-refractivity contribution in [1.82, 2.24) is 9.80 Å². The highest BCUT2D eigenvalue weighted by molar-refractivity contribution is 5.95. The number of morpholine rings is 1.